The summed E-state index contributed by atoms with van der Waals surface area (Å²) in [5.41, 5.74) is 0.169. The van der Waals surface area contributed by atoms with Crippen molar-refractivity contribution >= 4 is 0 Å². The van der Waals surface area contributed by atoms with Crippen LogP contribution >= 0.6 is 0 Å². The average Bonchev–Trinajstić information content (AvgIpc) is 2.52. The fraction of sp³-hybridized carbons (Fsp3) is 0.294. The van der Waals surface area contributed by atoms with Crippen LogP contribution < -0.4 is 0 Å². The maximum Gasteiger partial charge on any atom is 0.162 e. The van der Waals surface area contributed by atoms with Crippen molar-refractivity contribution in [2.24, 2.45) is 5.41 Å². The summed E-state index contributed by atoms with van der Waals surface area (Å²) in [6.45, 7) is -0.622. The van der Waals surface area contributed by atoms with Crippen LogP contribution in [0.25, 0.3) is 0 Å². The molecule has 0 aliphatic carbocycles. The first-order chi connectivity index (χ1) is 10.1. The van der Waals surface area contributed by atoms with Gasteiger partial charge >= 0.3 is 0 Å². The Hall–Kier alpha value is -1.78. The third kappa shape index (κ3) is 3.65. The standard InChI is InChI=1S/C17H18F2O2/c18-15-8-4-7-14(16(15)19)10-17(11-20,12-21)9-13-5-2-1-3-6-13/h1-8,20-21H,9-12H2. The van der Waals surface area contributed by atoms with Gasteiger partial charge in [0.2, 0.25) is 0 Å². The Balaban J connectivity index is 2.27. The SMILES string of the molecule is OCC(CO)(Cc1ccccc1)Cc1cccc(F)c1F. The van der Waals surface area contributed by atoms with Gasteiger partial charge in [0.25, 0.3) is 0 Å². The Labute approximate surface area is 122 Å². The van der Waals surface area contributed by atoms with E-state index in [4.69, 9.17) is 0 Å². The molecule has 0 aliphatic rings. The van der Waals surface area contributed by atoms with E-state index in [0.29, 0.717) is 6.42 Å². The molecule has 0 radical (unpaired) electrons. The van der Waals surface area contributed by atoms with Crippen LogP contribution in [0.4, 0.5) is 8.78 Å². The first-order valence-electron chi connectivity index (χ1n) is 6.79. The van der Waals surface area contributed by atoms with Crippen molar-refractivity contribution in [1.82, 2.24) is 0 Å². The monoisotopic (exact) mass is 292 g/mol. The number of aliphatic hydroxyl groups is 2. The summed E-state index contributed by atoms with van der Waals surface area (Å²) < 4.78 is 27.1. The van der Waals surface area contributed by atoms with Crippen LogP contribution in [0.5, 0.6) is 0 Å². The highest BCUT2D eigenvalue weighted by molar-refractivity contribution is 5.23. The minimum atomic E-state index is -0.921. The molecule has 2 N–H and O–H groups in total. The van der Waals surface area contributed by atoms with Crippen LogP contribution in [0.1, 0.15) is 11.1 Å². The van der Waals surface area contributed by atoms with Crippen LogP contribution in [0, 0.1) is 17.0 Å². The van der Waals surface area contributed by atoms with Gasteiger partial charge in [-0.3, -0.25) is 0 Å². The number of hydrogen-bond acceptors (Lipinski definition) is 2. The van der Waals surface area contributed by atoms with E-state index in [-0.39, 0.29) is 25.2 Å². The quantitative estimate of drug-likeness (QED) is 0.859. The smallest absolute Gasteiger partial charge is 0.162 e. The Morgan fingerprint density at radius 1 is 0.810 bits per heavy atom. The number of hydrogen-bond donors (Lipinski definition) is 2. The summed E-state index contributed by atoms with van der Waals surface area (Å²) in [5.74, 6) is -1.84. The van der Waals surface area contributed by atoms with Crippen molar-refractivity contribution in [3.05, 3.63) is 71.3 Å². The molecule has 0 unspecified atom stereocenters. The number of aliphatic hydroxyl groups excluding tert-OH is 2. The molecule has 21 heavy (non-hydrogen) atoms. The zero-order valence-electron chi connectivity index (χ0n) is 11.6. The van der Waals surface area contributed by atoms with Gasteiger partial charge in [0, 0.05) is 5.41 Å². The number of halogens is 2. The Kier molecular flexibility index (Phi) is 5.04. The van der Waals surface area contributed by atoms with Gasteiger partial charge in [-0.05, 0) is 30.0 Å². The summed E-state index contributed by atoms with van der Waals surface area (Å²) in [4.78, 5) is 0. The topological polar surface area (TPSA) is 40.5 Å². The van der Waals surface area contributed by atoms with E-state index in [1.165, 1.54) is 12.1 Å². The van der Waals surface area contributed by atoms with Gasteiger partial charge in [-0.15, -0.1) is 0 Å². The molecule has 2 nitrogen and oxygen atoms in total. The average molecular weight is 292 g/mol. The largest absolute Gasteiger partial charge is 0.396 e. The van der Waals surface area contributed by atoms with Crippen molar-refractivity contribution in [3.8, 4) is 0 Å². The molecular formula is C17H18F2O2. The molecule has 0 atom stereocenters. The lowest BCUT2D eigenvalue weighted by Crippen LogP contribution is -2.35. The molecule has 4 heteroatoms. The molecule has 0 heterocycles. The van der Waals surface area contributed by atoms with Crippen molar-refractivity contribution in [2.75, 3.05) is 13.2 Å². The lowest BCUT2D eigenvalue weighted by Gasteiger charge is -2.30. The van der Waals surface area contributed by atoms with E-state index in [0.717, 1.165) is 11.6 Å². The summed E-state index contributed by atoms with van der Waals surface area (Å²) in [6, 6.07) is 13.3. The minimum absolute atomic E-state index is 0.0679. The Morgan fingerprint density at radius 3 is 2.10 bits per heavy atom. The van der Waals surface area contributed by atoms with Crippen molar-refractivity contribution < 1.29 is 19.0 Å². The second-order valence-corrected chi connectivity index (χ2v) is 5.37. The van der Waals surface area contributed by atoms with Gasteiger partial charge in [-0.25, -0.2) is 8.78 Å². The molecule has 0 saturated heterocycles. The molecule has 0 spiro atoms. The maximum atomic E-state index is 13.8. The van der Waals surface area contributed by atoms with Crippen LogP contribution in [0.15, 0.2) is 48.5 Å². The number of benzene rings is 2. The fourth-order valence-corrected chi connectivity index (χ4v) is 2.45. The Morgan fingerprint density at radius 2 is 1.48 bits per heavy atom. The summed E-state index contributed by atoms with van der Waals surface area (Å²) in [5, 5.41) is 19.4. The van der Waals surface area contributed by atoms with Gasteiger partial charge in [-0.1, -0.05) is 42.5 Å². The predicted octanol–water partition coefficient (Wildman–Crippen LogP) is 2.72. The predicted molar refractivity (Wildman–Crippen MR) is 76.8 cm³/mol. The van der Waals surface area contributed by atoms with E-state index in [2.05, 4.69) is 0 Å². The highest BCUT2D eigenvalue weighted by Crippen LogP contribution is 2.29. The van der Waals surface area contributed by atoms with Crippen LogP contribution in [-0.2, 0) is 12.8 Å². The van der Waals surface area contributed by atoms with Gasteiger partial charge in [-0.2, -0.15) is 0 Å². The second-order valence-electron chi connectivity index (χ2n) is 5.37. The first-order valence-corrected chi connectivity index (χ1v) is 6.79. The molecule has 0 fully saturated rings. The van der Waals surface area contributed by atoms with E-state index >= 15 is 0 Å². The highest BCUT2D eigenvalue weighted by atomic mass is 19.2. The third-order valence-electron chi connectivity index (χ3n) is 3.69. The Bertz CT molecular complexity index is 581. The van der Waals surface area contributed by atoms with E-state index in [1.54, 1.807) is 0 Å². The summed E-state index contributed by atoms with van der Waals surface area (Å²) >= 11 is 0. The van der Waals surface area contributed by atoms with Crippen molar-refractivity contribution in [2.45, 2.75) is 12.8 Å². The molecule has 0 bridgehead atoms. The zero-order valence-corrected chi connectivity index (χ0v) is 11.6. The molecule has 2 rings (SSSR count). The van der Waals surface area contributed by atoms with E-state index < -0.39 is 17.0 Å². The second kappa shape index (κ2) is 6.78. The summed E-state index contributed by atoms with van der Waals surface area (Å²) in [6.07, 6.45) is 0.454. The van der Waals surface area contributed by atoms with Gasteiger partial charge in [0.05, 0.1) is 13.2 Å². The fourth-order valence-electron chi connectivity index (χ4n) is 2.45. The molecule has 0 aromatic heterocycles. The lowest BCUT2D eigenvalue weighted by molar-refractivity contribution is 0.0540. The maximum absolute atomic E-state index is 13.8. The summed E-state index contributed by atoms with van der Waals surface area (Å²) in [7, 11) is 0. The van der Waals surface area contributed by atoms with Crippen molar-refractivity contribution in [3.63, 3.8) is 0 Å². The normalized spacial score (nSPS) is 11.6. The van der Waals surface area contributed by atoms with E-state index in [1.807, 2.05) is 30.3 Å². The molecular weight excluding hydrogens is 274 g/mol. The highest BCUT2D eigenvalue weighted by Gasteiger charge is 2.31. The third-order valence-corrected chi connectivity index (χ3v) is 3.69. The zero-order chi connectivity index (χ0) is 15.3. The number of rotatable bonds is 6. The van der Waals surface area contributed by atoms with Crippen LogP contribution in [-0.4, -0.2) is 23.4 Å². The van der Waals surface area contributed by atoms with E-state index in [9.17, 15) is 19.0 Å². The molecule has 2 aromatic carbocycles. The van der Waals surface area contributed by atoms with Crippen molar-refractivity contribution in [1.29, 1.82) is 0 Å². The van der Waals surface area contributed by atoms with Gasteiger partial charge < -0.3 is 10.2 Å². The van der Waals surface area contributed by atoms with Gasteiger partial charge in [0.1, 0.15) is 0 Å². The minimum Gasteiger partial charge on any atom is -0.396 e. The lowest BCUT2D eigenvalue weighted by atomic mass is 9.77. The molecule has 2 aromatic rings. The molecule has 112 valence electrons. The molecule has 0 amide bonds. The van der Waals surface area contributed by atoms with Crippen LogP contribution in [0.3, 0.4) is 0 Å². The molecule has 0 aliphatic heterocycles. The first kappa shape index (κ1) is 15.6. The van der Waals surface area contributed by atoms with Gasteiger partial charge in [0.15, 0.2) is 11.6 Å². The van der Waals surface area contributed by atoms with Crippen LogP contribution in [0.2, 0.25) is 0 Å². The molecule has 0 saturated carbocycles.